The first-order valence-corrected chi connectivity index (χ1v) is 11.3. The fraction of sp³-hybridized carbons (Fsp3) is 0.381. The molecule has 29 heavy (non-hydrogen) atoms. The number of benzene rings is 2. The number of nitrogens with zero attached hydrogens (tertiary/aromatic N) is 1. The Kier molecular flexibility index (Phi) is 6.44. The van der Waals surface area contributed by atoms with Crippen LogP contribution in [0.3, 0.4) is 0 Å². The Labute approximate surface area is 171 Å². The molecule has 1 aliphatic heterocycles. The zero-order valence-corrected chi connectivity index (χ0v) is 17.7. The van der Waals surface area contributed by atoms with E-state index in [2.05, 4.69) is 10.2 Å². The Hall–Kier alpha value is -2.58. The molecule has 0 radical (unpaired) electrons. The summed E-state index contributed by atoms with van der Waals surface area (Å²) in [5.74, 6) is 1.32. The number of carbonyl (C=O) groups is 1. The van der Waals surface area contributed by atoms with Crippen molar-refractivity contribution in [1.82, 2.24) is 4.90 Å². The van der Waals surface area contributed by atoms with Gasteiger partial charge in [0.25, 0.3) is 0 Å². The SMILES string of the molecule is COc1ccc(OC)c(C2CCCN2CC(=O)Nc2cccc(S(C)(=O)=O)c2)c1. The molecule has 1 saturated heterocycles. The molecule has 1 amide bonds. The molecule has 7 nitrogen and oxygen atoms in total. The van der Waals surface area contributed by atoms with Gasteiger partial charge in [-0.25, -0.2) is 8.42 Å². The summed E-state index contributed by atoms with van der Waals surface area (Å²) < 4.78 is 34.3. The van der Waals surface area contributed by atoms with Crippen molar-refractivity contribution in [2.24, 2.45) is 0 Å². The van der Waals surface area contributed by atoms with Crippen molar-refractivity contribution in [3.63, 3.8) is 0 Å². The van der Waals surface area contributed by atoms with Gasteiger partial charge in [-0.3, -0.25) is 9.69 Å². The van der Waals surface area contributed by atoms with Gasteiger partial charge < -0.3 is 14.8 Å². The van der Waals surface area contributed by atoms with Gasteiger partial charge in [-0.15, -0.1) is 0 Å². The average Bonchev–Trinajstić information content (AvgIpc) is 3.14. The van der Waals surface area contributed by atoms with E-state index in [4.69, 9.17) is 9.47 Å². The molecule has 0 bridgehead atoms. The van der Waals surface area contributed by atoms with Crippen LogP contribution < -0.4 is 14.8 Å². The molecule has 0 saturated carbocycles. The number of carbonyl (C=O) groups excluding carboxylic acids is 1. The molecule has 1 unspecified atom stereocenters. The van der Waals surface area contributed by atoms with Gasteiger partial charge in [0.2, 0.25) is 5.91 Å². The van der Waals surface area contributed by atoms with Gasteiger partial charge in [0.05, 0.1) is 25.7 Å². The summed E-state index contributed by atoms with van der Waals surface area (Å²) in [7, 11) is -0.0780. The van der Waals surface area contributed by atoms with Crippen molar-refractivity contribution in [2.75, 3.05) is 38.9 Å². The second-order valence-corrected chi connectivity index (χ2v) is 9.10. The molecule has 2 aromatic rings. The van der Waals surface area contributed by atoms with Gasteiger partial charge in [0.15, 0.2) is 9.84 Å². The van der Waals surface area contributed by atoms with Crippen molar-refractivity contribution in [3.8, 4) is 11.5 Å². The number of methoxy groups -OCH3 is 2. The molecule has 156 valence electrons. The third kappa shape index (κ3) is 5.07. The zero-order chi connectivity index (χ0) is 21.0. The van der Waals surface area contributed by atoms with Crippen LogP contribution in [0, 0.1) is 0 Å². The lowest BCUT2D eigenvalue weighted by atomic mass is 10.0. The predicted octanol–water partition coefficient (Wildman–Crippen LogP) is 2.88. The van der Waals surface area contributed by atoms with Gasteiger partial charge >= 0.3 is 0 Å². The summed E-state index contributed by atoms with van der Waals surface area (Å²) in [5.41, 5.74) is 1.46. The molecule has 0 spiro atoms. The Balaban J connectivity index is 1.74. The summed E-state index contributed by atoms with van der Waals surface area (Å²) in [4.78, 5) is 14.9. The summed E-state index contributed by atoms with van der Waals surface area (Å²) in [6.07, 6.45) is 3.03. The fourth-order valence-corrected chi connectivity index (χ4v) is 4.32. The van der Waals surface area contributed by atoms with E-state index >= 15 is 0 Å². The molecule has 1 fully saturated rings. The number of nitrogens with one attached hydrogen (secondary N) is 1. The minimum absolute atomic E-state index is 0.0492. The lowest BCUT2D eigenvalue weighted by Crippen LogP contribution is -2.33. The minimum atomic E-state index is -3.33. The first kappa shape index (κ1) is 21.1. The highest BCUT2D eigenvalue weighted by molar-refractivity contribution is 7.90. The van der Waals surface area contributed by atoms with Crippen molar-refractivity contribution in [3.05, 3.63) is 48.0 Å². The number of rotatable bonds is 7. The van der Waals surface area contributed by atoms with E-state index in [0.29, 0.717) is 5.69 Å². The smallest absolute Gasteiger partial charge is 0.238 e. The van der Waals surface area contributed by atoms with Gasteiger partial charge in [-0.1, -0.05) is 6.07 Å². The lowest BCUT2D eigenvalue weighted by molar-refractivity contribution is -0.117. The van der Waals surface area contributed by atoms with Crippen LogP contribution in [0.2, 0.25) is 0 Å². The van der Waals surface area contributed by atoms with Crippen LogP contribution in [-0.4, -0.2) is 52.8 Å². The Bertz CT molecular complexity index is 990. The normalized spacial score (nSPS) is 17.1. The van der Waals surface area contributed by atoms with Crippen molar-refractivity contribution < 1.29 is 22.7 Å². The molecule has 1 atom stereocenters. The minimum Gasteiger partial charge on any atom is -0.497 e. The van der Waals surface area contributed by atoms with Crippen LogP contribution in [0.4, 0.5) is 5.69 Å². The third-order valence-electron chi connectivity index (χ3n) is 5.05. The largest absolute Gasteiger partial charge is 0.497 e. The van der Waals surface area contributed by atoms with E-state index in [9.17, 15) is 13.2 Å². The van der Waals surface area contributed by atoms with Crippen LogP contribution in [0.25, 0.3) is 0 Å². The third-order valence-corrected chi connectivity index (χ3v) is 6.16. The maximum Gasteiger partial charge on any atom is 0.238 e. The molecule has 1 aliphatic rings. The number of anilines is 1. The van der Waals surface area contributed by atoms with Crippen LogP contribution >= 0.6 is 0 Å². The highest BCUT2D eigenvalue weighted by Gasteiger charge is 2.30. The highest BCUT2D eigenvalue weighted by Crippen LogP contribution is 2.38. The molecular weight excluding hydrogens is 392 g/mol. The Morgan fingerprint density at radius 2 is 1.97 bits per heavy atom. The van der Waals surface area contributed by atoms with E-state index in [1.165, 1.54) is 12.1 Å². The first-order chi connectivity index (χ1) is 13.8. The summed E-state index contributed by atoms with van der Waals surface area (Å²) in [5, 5.41) is 2.80. The quantitative estimate of drug-likeness (QED) is 0.744. The molecule has 1 heterocycles. The standard InChI is InChI=1S/C21H26N2O5S/c1-27-16-9-10-20(28-2)18(13-16)19-8-5-11-23(19)14-21(24)22-15-6-4-7-17(12-15)29(3,25)26/h4,6-7,9-10,12-13,19H,5,8,11,14H2,1-3H3,(H,22,24). The summed E-state index contributed by atoms with van der Waals surface area (Å²) >= 11 is 0. The van der Waals surface area contributed by atoms with Gasteiger partial charge in [0.1, 0.15) is 11.5 Å². The average molecular weight is 419 g/mol. The number of hydrogen-bond donors (Lipinski definition) is 1. The maximum atomic E-state index is 12.6. The molecule has 1 N–H and O–H groups in total. The fourth-order valence-electron chi connectivity index (χ4n) is 3.66. The van der Waals surface area contributed by atoms with Crippen LogP contribution in [0.15, 0.2) is 47.4 Å². The lowest BCUT2D eigenvalue weighted by Gasteiger charge is -2.26. The summed E-state index contributed by atoms with van der Waals surface area (Å²) in [6.45, 7) is 0.996. The molecule has 0 aliphatic carbocycles. The predicted molar refractivity (Wildman–Crippen MR) is 111 cm³/mol. The zero-order valence-electron chi connectivity index (χ0n) is 16.8. The molecule has 3 rings (SSSR count). The first-order valence-electron chi connectivity index (χ1n) is 9.38. The number of likely N-dealkylation sites (tertiary alicyclic amines) is 1. The number of ether oxygens (including phenoxy) is 2. The van der Waals surface area contributed by atoms with Gasteiger partial charge in [-0.2, -0.15) is 0 Å². The maximum absolute atomic E-state index is 12.6. The number of sulfone groups is 1. The topological polar surface area (TPSA) is 84.9 Å². The molecule has 0 aromatic heterocycles. The second-order valence-electron chi connectivity index (χ2n) is 7.08. The van der Waals surface area contributed by atoms with Crippen molar-refractivity contribution in [2.45, 2.75) is 23.8 Å². The number of amides is 1. The van der Waals surface area contributed by atoms with E-state index < -0.39 is 9.84 Å². The molecule has 2 aromatic carbocycles. The van der Waals surface area contributed by atoms with Crippen LogP contribution in [0.1, 0.15) is 24.4 Å². The molecule has 8 heteroatoms. The number of hydrogen-bond acceptors (Lipinski definition) is 6. The van der Waals surface area contributed by atoms with Crippen LogP contribution in [-0.2, 0) is 14.6 Å². The van der Waals surface area contributed by atoms with E-state index in [1.807, 2.05) is 18.2 Å². The van der Waals surface area contributed by atoms with Crippen molar-refractivity contribution in [1.29, 1.82) is 0 Å². The molecular formula is C21H26N2O5S. The Morgan fingerprint density at radius 3 is 2.66 bits per heavy atom. The van der Waals surface area contributed by atoms with E-state index in [-0.39, 0.29) is 23.4 Å². The van der Waals surface area contributed by atoms with E-state index in [0.717, 1.165) is 42.7 Å². The summed E-state index contributed by atoms with van der Waals surface area (Å²) in [6, 6.07) is 12.0. The van der Waals surface area contributed by atoms with Crippen LogP contribution in [0.5, 0.6) is 11.5 Å². The van der Waals surface area contributed by atoms with Crippen molar-refractivity contribution >= 4 is 21.4 Å². The van der Waals surface area contributed by atoms with E-state index in [1.54, 1.807) is 26.4 Å². The Morgan fingerprint density at radius 1 is 1.17 bits per heavy atom. The van der Waals surface area contributed by atoms with Gasteiger partial charge in [-0.05, 0) is 55.8 Å². The second kappa shape index (κ2) is 8.84. The highest BCUT2D eigenvalue weighted by atomic mass is 32.2. The monoisotopic (exact) mass is 418 g/mol. The van der Waals surface area contributed by atoms with Gasteiger partial charge in [0, 0.05) is 23.5 Å².